The van der Waals surface area contributed by atoms with E-state index >= 15 is 0 Å². The molecule has 7 nitrogen and oxygen atoms in total. The molecule has 0 aromatic heterocycles. The van der Waals surface area contributed by atoms with Crippen molar-refractivity contribution >= 4 is 5.91 Å². The summed E-state index contributed by atoms with van der Waals surface area (Å²) in [6.45, 7) is 3.86. The van der Waals surface area contributed by atoms with Gasteiger partial charge >= 0.3 is 0 Å². The molecule has 3 rings (SSSR count). The van der Waals surface area contributed by atoms with Gasteiger partial charge in [-0.1, -0.05) is 0 Å². The molecule has 1 saturated heterocycles. The highest BCUT2D eigenvalue weighted by Crippen LogP contribution is 2.40. The first-order valence-electron chi connectivity index (χ1n) is 7.95. The maximum Gasteiger partial charge on any atom is 0.237 e. The molecule has 128 valence electrons. The Morgan fingerprint density at radius 3 is 2.83 bits per heavy atom. The van der Waals surface area contributed by atoms with Gasteiger partial charge in [-0.15, -0.1) is 0 Å². The lowest BCUT2D eigenvalue weighted by Gasteiger charge is -2.42. The zero-order chi connectivity index (χ0) is 17.5. The van der Waals surface area contributed by atoms with Crippen LogP contribution in [0.3, 0.4) is 0 Å². The average molecular weight is 331 g/mol. The molecule has 0 bridgehead atoms. The second-order valence-electron chi connectivity index (χ2n) is 6.85. The molecule has 4 N–H and O–H groups in total. The summed E-state index contributed by atoms with van der Waals surface area (Å²) in [6.07, 6.45) is -1.19. The monoisotopic (exact) mass is 331 g/mol. The van der Waals surface area contributed by atoms with Crippen molar-refractivity contribution in [1.29, 1.82) is 5.26 Å². The Balaban J connectivity index is 1.90. The summed E-state index contributed by atoms with van der Waals surface area (Å²) >= 11 is 0. The van der Waals surface area contributed by atoms with Crippen LogP contribution < -0.4 is 15.4 Å². The van der Waals surface area contributed by atoms with Gasteiger partial charge in [-0.3, -0.25) is 4.79 Å². The third-order valence-electron chi connectivity index (χ3n) is 4.60. The number of benzene rings is 1. The standard InChI is InChI=1S/C17H21N3O4/c1-17(2)15(22)14(20-16(23)12-6-10(21)8-19-12)11-5-9(7-18)3-4-13(11)24-17/h3-5,10,12,14-15,19,21-22H,6,8H2,1-2H3,(H,20,23)/t10-,12+,14?,15?/m1/s1. The first-order chi connectivity index (χ1) is 11.3. The molecule has 2 unspecified atom stereocenters. The predicted octanol–water partition coefficient (Wildman–Crippen LogP) is -0.0297. The first-order valence-corrected chi connectivity index (χ1v) is 7.95. The molecule has 1 amide bonds. The molecule has 7 heteroatoms. The minimum absolute atomic E-state index is 0.290. The fourth-order valence-corrected chi connectivity index (χ4v) is 3.20. The number of rotatable bonds is 2. The number of carbonyl (C=O) groups excluding carboxylic acids is 1. The number of nitrogens with one attached hydrogen (secondary N) is 2. The van der Waals surface area contributed by atoms with E-state index in [1.165, 1.54) is 0 Å². The van der Waals surface area contributed by atoms with E-state index in [4.69, 9.17) is 10.00 Å². The van der Waals surface area contributed by atoms with E-state index in [-0.39, 0.29) is 5.91 Å². The molecule has 0 radical (unpaired) electrons. The minimum Gasteiger partial charge on any atom is -0.485 e. The van der Waals surface area contributed by atoms with Crippen LogP contribution in [0.2, 0.25) is 0 Å². The molecule has 0 saturated carbocycles. The fourth-order valence-electron chi connectivity index (χ4n) is 3.20. The van der Waals surface area contributed by atoms with Crippen molar-refractivity contribution in [2.75, 3.05) is 6.54 Å². The van der Waals surface area contributed by atoms with Crippen molar-refractivity contribution in [2.45, 2.75) is 50.2 Å². The number of hydrogen-bond acceptors (Lipinski definition) is 6. The SMILES string of the molecule is CC1(C)Oc2ccc(C#N)cc2C(NC(=O)[C@@H]2C[C@@H](O)CN2)C1O. The summed E-state index contributed by atoms with van der Waals surface area (Å²) in [7, 11) is 0. The predicted molar refractivity (Wildman–Crippen MR) is 85.2 cm³/mol. The maximum absolute atomic E-state index is 12.5. The lowest BCUT2D eigenvalue weighted by molar-refractivity contribution is -0.127. The van der Waals surface area contributed by atoms with Gasteiger partial charge in [-0.2, -0.15) is 5.26 Å². The highest BCUT2D eigenvalue weighted by Gasteiger charge is 2.44. The molecule has 1 aromatic carbocycles. The van der Waals surface area contributed by atoms with Gasteiger partial charge in [0.1, 0.15) is 17.5 Å². The molecule has 1 aromatic rings. The summed E-state index contributed by atoms with van der Waals surface area (Å²) in [6, 6.07) is 5.80. The van der Waals surface area contributed by atoms with Crippen molar-refractivity contribution in [3.05, 3.63) is 29.3 Å². The number of fused-ring (bicyclic) bond motifs is 1. The second kappa shape index (κ2) is 6.06. The highest BCUT2D eigenvalue weighted by atomic mass is 16.5. The number of carbonyl (C=O) groups is 1. The molecule has 0 spiro atoms. The van der Waals surface area contributed by atoms with Crippen LogP contribution in [0.5, 0.6) is 5.75 Å². The van der Waals surface area contributed by atoms with Crippen LogP contribution in [0.15, 0.2) is 18.2 Å². The molecule has 2 aliphatic rings. The Morgan fingerprint density at radius 1 is 1.46 bits per heavy atom. The van der Waals surface area contributed by atoms with E-state index in [0.717, 1.165) is 0 Å². The van der Waals surface area contributed by atoms with Crippen molar-refractivity contribution in [2.24, 2.45) is 0 Å². The fraction of sp³-hybridized carbons (Fsp3) is 0.529. The van der Waals surface area contributed by atoms with Crippen LogP contribution in [-0.2, 0) is 4.79 Å². The smallest absolute Gasteiger partial charge is 0.237 e. The highest BCUT2D eigenvalue weighted by molar-refractivity contribution is 5.82. The Morgan fingerprint density at radius 2 is 2.21 bits per heavy atom. The summed E-state index contributed by atoms with van der Waals surface area (Å²) in [5, 5.41) is 35.1. The van der Waals surface area contributed by atoms with E-state index in [2.05, 4.69) is 16.7 Å². The molecular formula is C17H21N3O4. The quantitative estimate of drug-likeness (QED) is 0.605. The molecule has 24 heavy (non-hydrogen) atoms. The average Bonchev–Trinajstić information content (AvgIpc) is 2.97. The molecule has 4 atom stereocenters. The lowest BCUT2D eigenvalue weighted by atomic mass is 9.85. The third kappa shape index (κ3) is 2.96. The lowest BCUT2D eigenvalue weighted by Crippen LogP contribution is -2.55. The zero-order valence-electron chi connectivity index (χ0n) is 13.6. The van der Waals surface area contributed by atoms with Crippen LogP contribution in [-0.4, -0.2) is 46.5 Å². The van der Waals surface area contributed by atoms with Crippen LogP contribution >= 0.6 is 0 Å². The van der Waals surface area contributed by atoms with E-state index < -0.39 is 29.9 Å². The van der Waals surface area contributed by atoms with Crippen LogP contribution in [0.25, 0.3) is 0 Å². The maximum atomic E-state index is 12.5. The zero-order valence-corrected chi connectivity index (χ0v) is 13.6. The van der Waals surface area contributed by atoms with Crippen molar-refractivity contribution < 1.29 is 19.7 Å². The summed E-state index contributed by atoms with van der Waals surface area (Å²) in [5.74, 6) is 0.246. The number of amides is 1. The van der Waals surface area contributed by atoms with Gasteiger partial charge < -0.3 is 25.6 Å². The number of nitriles is 1. The van der Waals surface area contributed by atoms with Crippen molar-refractivity contribution in [3.63, 3.8) is 0 Å². The summed E-state index contributed by atoms with van der Waals surface area (Å²) in [5.41, 5.74) is 0.118. The number of ether oxygens (including phenoxy) is 1. The van der Waals surface area contributed by atoms with E-state index in [1.807, 2.05) is 0 Å². The Bertz CT molecular complexity index is 698. The molecule has 1 fully saturated rings. The van der Waals surface area contributed by atoms with Gasteiger partial charge in [-0.05, 0) is 38.5 Å². The number of aliphatic hydroxyl groups is 2. The van der Waals surface area contributed by atoms with Crippen LogP contribution in [0.4, 0.5) is 0 Å². The summed E-state index contributed by atoms with van der Waals surface area (Å²) < 4.78 is 5.82. The van der Waals surface area contributed by atoms with Crippen molar-refractivity contribution in [3.8, 4) is 11.8 Å². The van der Waals surface area contributed by atoms with Crippen LogP contribution in [0.1, 0.15) is 37.4 Å². The molecule has 0 aliphatic carbocycles. The third-order valence-corrected chi connectivity index (χ3v) is 4.60. The summed E-state index contributed by atoms with van der Waals surface area (Å²) in [4.78, 5) is 12.5. The number of nitrogens with zero attached hydrogens (tertiary/aromatic N) is 1. The normalized spacial score (nSPS) is 30.8. The van der Waals surface area contributed by atoms with Gasteiger partial charge in [0.25, 0.3) is 0 Å². The number of aliphatic hydroxyl groups excluding tert-OH is 2. The molecule has 2 heterocycles. The Labute approximate surface area is 140 Å². The van der Waals surface area contributed by atoms with Crippen LogP contribution in [0, 0.1) is 11.3 Å². The number of β-amino-alcohol motifs (C(OH)–C–C–N with tert-alkyl or cyclic N) is 1. The molecular weight excluding hydrogens is 310 g/mol. The van der Waals surface area contributed by atoms with Gasteiger partial charge in [0.2, 0.25) is 5.91 Å². The van der Waals surface area contributed by atoms with Gasteiger partial charge in [0.05, 0.1) is 29.8 Å². The number of hydrogen-bond donors (Lipinski definition) is 4. The Hall–Kier alpha value is -2.14. The van der Waals surface area contributed by atoms with Crippen molar-refractivity contribution in [1.82, 2.24) is 10.6 Å². The first kappa shape index (κ1) is 16.7. The van der Waals surface area contributed by atoms with E-state index in [1.54, 1.807) is 32.0 Å². The van der Waals surface area contributed by atoms with Gasteiger partial charge in [-0.25, -0.2) is 0 Å². The largest absolute Gasteiger partial charge is 0.485 e. The second-order valence-corrected chi connectivity index (χ2v) is 6.85. The van der Waals surface area contributed by atoms with E-state index in [9.17, 15) is 15.0 Å². The minimum atomic E-state index is -0.978. The molecule has 2 aliphatic heterocycles. The van der Waals surface area contributed by atoms with Gasteiger partial charge in [0, 0.05) is 12.1 Å². The van der Waals surface area contributed by atoms with E-state index in [0.29, 0.717) is 29.8 Å². The Kier molecular flexibility index (Phi) is 4.22. The van der Waals surface area contributed by atoms with Gasteiger partial charge in [0.15, 0.2) is 0 Å². The topological polar surface area (TPSA) is 115 Å².